The molecule has 1 aliphatic rings. The van der Waals surface area contributed by atoms with Gasteiger partial charge in [0.05, 0.1) is 49.1 Å². The third kappa shape index (κ3) is 4.59. The molecule has 0 unspecified atom stereocenters. The number of ether oxygens (including phenoxy) is 2. The Morgan fingerprint density at radius 1 is 1.29 bits per heavy atom. The molecule has 0 saturated carbocycles. The van der Waals surface area contributed by atoms with Crippen LogP contribution in [0, 0.1) is 0 Å². The van der Waals surface area contributed by atoms with E-state index >= 15 is 0 Å². The molecule has 3 aromatic rings. The summed E-state index contributed by atoms with van der Waals surface area (Å²) in [5, 5.41) is 3.27. The highest BCUT2D eigenvalue weighted by Gasteiger charge is 2.23. The molecule has 0 atom stereocenters. The molecule has 0 spiro atoms. The van der Waals surface area contributed by atoms with Crippen molar-refractivity contribution in [1.29, 1.82) is 0 Å². The molecule has 31 heavy (non-hydrogen) atoms. The summed E-state index contributed by atoms with van der Waals surface area (Å²) in [5.41, 5.74) is 1.24. The maximum Gasteiger partial charge on any atom is 0.272 e. The Hall–Kier alpha value is -2.85. The van der Waals surface area contributed by atoms with Gasteiger partial charge in [-0.05, 0) is 24.3 Å². The molecule has 0 saturated heterocycles. The molecule has 2 aromatic heterocycles. The molecule has 8 nitrogen and oxygen atoms in total. The number of benzene rings is 1. The van der Waals surface area contributed by atoms with Crippen LogP contribution in [0.5, 0.6) is 11.5 Å². The van der Waals surface area contributed by atoms with Crippen molar-refractivity contribution >= 4 is 29.4 Å². The number of hydrogen-bond donors (Lipinski definition) is 1. The normalized spacial score (nSPS) is 12.5. The summed E-state index contributed by atoms with van der Waals surface area (Å²) >= 11 is 2.73. The Labute approximate surface area is 187 Å². The number of nitrogens with one attached hydrogen (secondary N) is 1. The quantitative estimate of drug-likeness (QED) is 0.406. The molecule has 0 radical (unpaired) electrons. The Morgan fingerprint density at radius 3 is 2.87 bits per heavy atom. The average molecular weight is 460 g/mol. The predicted octanol–water partition coefficient (Wildman–Crippen LogP) is 2.90. The van der Waals surface area contributed by atoms with Gasteiger partial charge >= 0.3 is 0 Å². The summed E-state index contributed by atoms with van der Waals surface area (Å²) in [5.74, 6) is 2.51. The third-order valence-corrected chi connectivity index (χ3v) is 6.71. The number of furan rings is 1. The fourth-order valence-corrected chi connectivity index (χ4v) is 5.04. The summed E-state index contributed by atoms with van der Waals surface area (Å²) in [7, 11) is 3.10. The predicted molar refractivity (Wildman–Crippen MR) is 119 cm³/mol. The van der Waals surface area contributed by atoms with Gasteiger partial charge in [-0.2, -0.15) is 0 Å². The van der Waals surface area contributed by atoms with Crippen LogP contribution in [0.25, 0.3) is 5.69 Å². The Kier molecular flexibility index (Phi) is 6.57. The number of rotatable bonds is 8. The molecule has 0 fully saturated rings. The number of aromatic nitrogens is 2. The second kappa shape index (κ2) is 9.52. The molecule has 10 heteroatoms. The minimum Gasteiger partial charge on any atom is -0.493 e. The first-order chi connectivity index (χ1) is 15.1. The number of hydrogen-bond acceptors (Lipinski definition) is 8. The van der Waals surface area contributed by atoms with E-state index in [9.17, 15) is 9.59 Å². The summed E-state index contributed by atoms with van der Waals surface area (Å²) in [6, 6.07) is 8.81. The summed E-state index contributed by atoms with van der Waals surface area (Å²) in [6.07, 6.45) is 2.30. The molecule has 0 aliphatic carbocycles. The van der Waals surface area contributed by atoms with E-state index < -0.39 is 0 Å². The van der Waals surface area contributed by atoms with Crippen LogP contribution in [0.1, 0.15) is 11.5 Å². The second-order valence-electron chi connectivity index (χ2n) is 6.59. The van der Waals surface area contributed by atoms with Crippen LogP contribution < -0.4 is 20.3 Å². The third-order valence-electron chi connectivity index (χ3n) is 4.66. The number of methoxy groups -OCH3 is 2. The molecule has 4 rings (SSSR count). The lowest BCUT2D eigenvalue weighted by Crippen LogP contribution is -2.27. The second-order valence-corrected chi connectivity index (χ2v) is 8.64. The van der Waals surface area contributed by atoms with E-state index in [0.29, 0.717) is 39.5 Å². The van der Waals surface area contributed by atoms with E-state index in [0.717, 1.165) is 17.9 Å². The number of fused-ring (bicyclic) bond motifs is 1. The van der Waals surface area contributed by atoms with E-state index in [2.05, 4.69) is 5.32 Å². The van der Waals surface area contributed by atoms with Gasteiger partial charge in [-0.25, -0.2) is 4.98 Å². The molecular weight excluding hydrogens is 438 g/mol. The Morgan fingerprint density at radius 2 is 2.13 bits per heavy atom. The van der Waals surface area contributed by atoms with Crippen LogP contribution in [-0.4, -0.2) is 41.2 Å². The molecular formula is C21H21N3O5S2. The van der Waals surface area contributed by atoms with Gasteiger partial charge in [0.25, 0.3) is 5.56 Å². The Bertz CT molecular complexity index is 1140. The Balaban J connectivity index is 1.62. The first-order valence-corrected chi connectivity index (χ1v) is 11.5. The van der Waals surface area contributed by atoms with Gasteiger partial charge < -0.3 is 19.2 Å². The van der Waals surface area contributed by atoms with Gasteiger partial charge in [0.1, 0.15) is 5.76 Å². The van der Waals surface area contributed by atoms with Crippen molar-refractivity contribution in [3.63, 3.8) is 0 Å². The van der Waals surface area contributed by atoms with Gasteiger partial charge in [0, 0.05) is 18.2 Å². The zero-order valence-corrected chi connectivity index (χ0v) is 18.7. The van der Waals surface area contributed by atoms with Crippen molar-refractivity contribution in [3.05, 3.63) is 58.4 Å². The van der Waals surface area contributed by atoms with E-state index in [1.54, 1.807) is 50.8 Å². The lowest BCUT2D eigenvalue weighted by molar-refractivity contribution is -0.118. The minimum atomic E-state index is -0.176. The highest BCUT2D eigenvalue weighted by atomic mass is 32.2. The largest absolute Gasteiger partial charge is 0.493 e. The summed E-state index contributed by atoms with van der Waals surface area (Å²) in [6.45, 7) is 0.309. The van der Waals surface area contributed by atoms with Crippen LogP contribution in [-0.2, 0) is 17.8 Å². The number of carbonyl (C=O) groups is 1. The van der Waals surface area contributed by atoms with Gasteiger partial charge in [0.2, 0.25) is 5.91 Å². The van der Waals surface area contributed by atoms with E-state index in [4.69, 9.17) is 18.9 Å². The molecule has 1 aromatic carbocycles. The van der Waals surface area contributed by atoms with E-state index in [1.807, 2.05) is 0 Å². The van der Waals surface area contributed by atoms with E-state index in [-0.39, 0.29) is 17.2 Å². The molecule has 1 aliphatic heterocycles. The lowest BCUT2D eigenvalue weighted by atomic mass is 10.2. The van der Waals surface area contributed by atoms with Crippen molar-refractivity contribution in [2.75, 3.05) is 25.7 Å². The van der Waals surface area contributed by atoms with Gasteiger partial charge in [-0.15, -0.1) is 11.8 Å². The summed E-state index contributed by atoms with van der Waals surface area (Å²) < 4.78 is 17.4. The molecule has 0 bridgehead atoms. The average Bonchev–Trinajstić information content (AvgIpc) is 3.48. The van der Waals surface area contributed by atoms with Crippen LogP contribution in [0.3, 0.4) is 0 Å². The van der Waals surface area contributed by atoms with Crippen LogP contribution in [0.4, 0.5) is 0 Å². The van der Waals surface area contributed by atoms with Crippen molar-refractivity contribution < 1.29 is 18.7 Å². The highest BCUT2D eigenvalue weighted by molar-refractivity contribution is 8.00. The zero-order chi connectivity index (χ0) is 21.8. The standard InChI is InChI=1S/C21H21N3O5S2/c1-27-16-6-5-13(10-17(16)28-2)24-20(26)19-15(7-9-30-19)23-21(24)31-12-18(25)22-11-14-4-3-8-29-14/h3-6,8,10H,7,9,11-12H2,1-2H3,(H,22,25). The van der Waals surface area contributed by atoms with E-state index in [1.165, 1.54) is 28.1 Å². The van der Waals surface area contributed by atoms with Crippen molar-refractivity contribution in [2.24, 2.45) is 0 Å². The maximum atomic E-state index is 13.3. The zero-order valence-electron chi connectivity index (χ0n) is 17.0. The number of carbonyl (C=O) groups excluding carboxylic acids is 1. The van der Waals surface area contributed by atoms with Crippen LogP contribution in [0.2, 0.25) is 0 Å². The summed E-state index contributed by atoms with van der Waals surface area (Å²) in [4.78, 5) is 31.0. The highest BCUT2D eigenvalue weighted by Crippen LogP contribution is 2.33. The maximum absolute atomic E-state index is 13.3. The van der Waals surface area contributed by atoms with Gasteiger partial charge in [0.15, 0.2) is 16.7 Å². The lowest BCUT2D eigenvalue weighted by Gasteiger charge is -2.15. The number of nitrogens with zero attached hydrogens (tertiary/aromatic N) is 2. The molecule has 1 amide bonds. The van der Waals surface area contributed by atoms with Crippen LogP contribution in [0.15, 0.2) is 55.9 Å². The van der Waals surface area contributed by atoms with Gasteiger partial charge in [-0.3, -0.25) is 14.2 Å². The minimum absolute atomic E-state index is 0.117. The number of aryl methyl sites for hydroxylation is 1. The topological polar surface area (TPSA) is 95.6 Å². The SMILES string of the molecule is COc1ccc(-n2c(SCC(=O)NCc3ccco3)nc3c(c2=O)SCC3)cc1OC. The smallest absolute Gasteiger partial charge is 0.272 e. The van der Waals surface area contributed by atoms with Crippen molar-refractivity contribution in [2.45, 2.75) is 23.0 Å². The molecule has 162 valence electrons. The number of thioether (sulfide) groups is 2. The van der Waals surface area contributed by atoms with Crippen molar-refractivity contribution in [1.82, 2.24) is 14.9 Å². The first kappa shape index (κ1) is 21.4. The fourth-order valence-electron chi connectivity index (χ4n) is 3.16. The molecule has 3 heterocycles. The fraction of sp³-hybridized carbons (Fsp3) is 0.286. The monoisotopic (exact) mass is 459 g/mol. The van der Waals surface area contributed by atoms with Gasteiger partial charge in [-0.1, -0.05) is 11.8 Å². The molecule has 1 N–H and O–H groups in total. The first-order valence-electron chi connectivity index (χ1n) is 9.53. The van der Waals surface area contributed by atoms with Crippen LogP contribution >= 0.6 is 23.5 Å². The number of amides is 1. The van der Waals surface area contributed by atoms with Crippen molar-refractivity contribution in [3.8, 4) is 17.2 Å².